The molecule has 2 aliphatic heterocycles. The number of para-hydroxylation sites is 2. The molecule has 1 saturated heterocycles. The van der Waals surface area contributed by atoms with E-state index in [4.69, 9.17) is 23.9 Å². The van der Waals surface area contributed by atoms with E-state index in [1.807, 2.05) is 42.5 Å². The average molecular weight is 489 g/mol. The van der Waals surface area contributed by atoms with Gasteiger partial charge in [-0.2, -0.15) is 0 Å². The third-order valence-corrected chi connectivity index (χ3v) is 6.21. The Morgan fingerprint density at radius 3 is 2.22 bits per heavy atom. The number of nitrogens with zero attached hydrogens (tertiary/aromatic N) is 3. The third-order valence-electron chi connectivity index (χ3n) is 6.21. The molecule has 9 heteroatoms. The predicted octanol–water partition coefficient (Wildman–Crippen LogP) is 4.75. The highest BCUT2D eigenvalue weighted by Crippen LogP contribution is 2.39. The standard InChI is InChI=1S/C27H28N4O5/c1-33-19-8-9-22-25(17-19)36-24-7-5-4-6-23(24)29-26(22)30-10-12-31(13-11-30)27(32)28-18-14-20(34-2)16-21(15-18)35-3/h4-9,14-17H,10-13H2,1-3H3,(H,28,32). The van der Waals surface area contributed by atoms with Crippen molar-refractivity contribution in [1.82, 2.24) is 9.80 Å². The van der Waals surface area contributed by atoms with E-state index in [9.17, 15) is 4.79 Å². The second-order valence-corrected chi connectivity index (χ2v) is 8.37. The molecule has 2 heterocycles. The van der Waals surface area contributed by atoms with Crippen LogP contribution in [0.5, 0.6) is 28.7 Å². The lowest BCUT2D eigenvalue weighted by atomic mass is 10.1. The molecule has 3 aromatic carbocycles. The second kappa shape index (κ2) is 10.1. The molecule has 3 aromatic rings. The summed E-state index contributed by atoms with van der Waals surface area (Å²) in [5.74, 6) is 4.12. The lowest BCUT2D eigenvalue weighted by Gasteiger charge is -2.36. The fourth-order valence-corrected chi connectivity index (χ4v) is 4.27. The minimum atomic E-state index is -0.174. The minimum absolute atomic E-state index is 0.174. The van der Waals surface area contributed by atoms with Gasteiger partial charge in [-0.05, 0) is 24.3 Å². The molecule has 0 saturated carbocycles. The van der Waals surface area contributed by atoms with Crippen LogP contribution in [0, 0.1) is 0 Å². The Balaban J connectivity index is 1.34. The number of ether oxygens (including phenoxy) is 4. The molecular weight excluding hydrogens is 460 g/mol. The zero-order valence-electron chi connectivity index (χ0n) is 20.5. The van der Waals surface area contributed by atoms with E-state index in [0.29, 0.717) is 60.6 Å². The monoisotopic (exact) mass is 488 g/mol. The summed E-state index contributed by atoms with van der Waals surface area (Å²) in [6.45, 7) is 2.34. The van der Waals surface area contributed by atoms with Crippen LogP contribution >= 0.6 is 0 Å². The van der Waals surface area contributed by atoms with Crippen molar-refractivity contribution in [2.75, 3.05) is 52.8 Å². The average Bonchev–Trinajstić information content (AvgIpc) is 3.09. The zero-order chi connectivity index (χ0) is 25.1. The molecule has 1 N–H and O–H groups in total. The maximum Gasteiger partial charge on any atom is 0.321 e. The van der Waals surface area contributed by atoms with Crippen LogP contribution < -0.4 is 24.3 Å². The summed E-state index contributed by atoms with van der Waals surface area (Å²) in [5, 5.41) is 2.95. The molecule has 9 nitrogen and oxygen atoms in total. The van der Waals surface area contributed by atoms with Gasteiger partial charge >= 0.3 is 6.03 Å². The van der Waals surface area contributed by atoms with Gasteiger partial charge in [0, 0.05) is 56.1 Å². The zero-order valence-corrected chi connectivity index (χ0v) is 20.5. The number of carbonyl (C=O) groups excluding carboxylic acids is 1. The summed E-state index contributed by atoms with van der Waals surface area (Å²) >= 11 is 0. The van der Waals surface area contributed by atoms with Crippen LogP contribution in [0.4, 0.5) is 16.2 Å². The SMILES string of the molecule is COc1cc(NC(=O)N2CCN(C3=Nc4ccccc4Oc4cc(OC)ccc43)CC2)cc(OC)c1. The first-order valence-corrected chi connectivity index (χ1v) is 11.7. The van der Waals surface area contributed by atoms with Crippen molar-refractivity contribution in [1.29, 1.82) is 0 Å². The lowest BCUT2D eigenvalue weighted by Crippen LogP contribution is -2.51. The predicted molar refractivity (Wildman–Crippen MR) is 137 cm³/mol. The van der Waals surface area contributed by atoms with E-state index in [1.54, 1.807) is 44.4 Å². The van der Waals surface area contributed by atoms with E-state index in [1.165, 1.54) is 0 Å². The molecular formula is C27H28N4O5. The molecule has 0 bridgehead atoms. The molecule has 2 amide bonds. The number of rotatable bonds is 4. The van der Waals surface area contributed by atoms with E-state index >= 15 is 0 Å². The molecule has 0 radical (unpaired) electrons. The number of benzene rings is 3. The van der Waals surface area contributed by atoms with Gasteiger partial charge in [0.05, 0.1) is 26.9 Å². The topological polar surface area (TPSA) is 84.9 Å². The number of aliphatic imine (C=N–C) groups is 1. The van der Waals surface area contributed by atoms with Crippen LogP contribution in [-0.4, -0.2) is 69.2 Å². The maximum atomic E-state index is 13.0. The van der Waals surface area contributed by atoms with Gasteiger partial charge in [0.25, 0.3) is 0 Å². The Hall–Kier alpha value is -4.40. The van der Waals surface area contributed by atoms with Gasteiger partial charge in [-0.25, -0.2) is 9.79 Å². The van der Waals surface area contributed by atoms with Crippen molar-refractivity contribution in [3.8, 4) is 28.7 Å². The number of amides is 2. The lowest BCUT2D eigenvalue weighted by molar-refractivity contribution is 0.181. The number of carbonyl (C=O) groups is 1. The molecule has 36 heavy (non-hydrogen) atoms. The fraction of sp³-hybridized carbons (Fsp3) is 0.259. The van der Waals surface area contributed by atoms with Crippen molar-refractivity contribution >= 4 is 23.2 Å². The van der Waals surface area contributed by atoms with Crippen LogP contribution in [-0.2, 0) is 0 Å². The smallest absolute Gasteiger partial charge is 0.321 e. The number of fused-ring (bicyclic) bond motifs is 2. The molecule has 0 aromatic heterocycles. The molecule has 0 atom stereocenters. The van der Waals surface area contributed by atoms with Crippen molar-refractivity contribution in [2.24, 2.45) is 4.99 Å². The molecule has 0 spiro atoms. The highest BCUT2D eigenvalue weighted by atomic mass is 16.5. The number of piperazine rings is 1. The normalized spacial score (nSPS) is 14.5. The molecule has 1 fully saturated rings. The number of anilines is 1. The second-order valence-electron chi connectivity index (χ2n) is 8.37. The quantitative estimate of drug-likeness (QED) is 0.571. The fourth-order valence-electron chi connectivity index (χ4n) is 4.27. The number of methoxy groups -OCH3 is 3. The largest absolute Gasteiger partial charge is 0.497 e. The van der Waals surface area contributed by atoms with Crippen LogP contribution in [0.25, 0.3) is 0 Å². The van der Waals surface area contributed by atoms with E-state index in [0.717, 1.165) is 17.1 Å². The van der Waals surface area contributed by atoms with Crippen LogP contribution in [0.2, 0.25) is 0 Å². The van der Waals surface area contributed by atoms with Gasteiger partial charge in [0.1, 0.15) is 34.5 Å². The van der Waals surface area contributed by atoms with Gasteiger partial charge < -0.3 is 34.1 Å². The van der Waals surface area contributed by atoms with Crippen LogP contribution in [0.15, 0.2) is 65.7 Å². The minimum Gasteiger partial charge on any atom is -0.497 e. The van der Waals surface area contributed by atoms with E-state index < -0.39 is 0 Å². The van der Waals surface area contributed by atoms with Crippen LogP contribution in [0.1, 0.15) is 5.56 Å². The number of hydrogen-bond acceptors (Lipinski definition) is 7. The van der Waals surface area contributed by atoms with Gasteiger partial charge in [-0.1, -0.05) is 12.1 Å². The molecule has 5 rings (SSSR count). The first kappa shape index (κ1) is 23.3. The van der Waals surface area contributed by atoms with Crippen molar-refractivity contribution in [2.45, 2.75) is 0 Å². The summed E-state index contributed by atoms with van der Waals surface area (Å²) in [7, 11) is 4.79. The van der Waals surface area contributed by atoms with Crippen LogP contribution in [0.3, 0.4) is 0 Å². The third kappa shape index (κ3) is 4.72. The Bertz CT molecular complexity index is 1280. The van der Waals surface area contributed by atoms with Crippen molar-refractivity contribution in [3.63, 3.8) is 0 Å². The van der Waals surface area contributed by atoms with E-state index in [-0.39, 0.29) is 6.03 Å². The van der Waals surface area contributed by atoms with Gasteiger partial charge in [-0.15, -0.1) is 0 Å². The van der Waals surface area contributed by atoms with Gasteiger partial charge in [-0.3, -0.25) is 0 Å². The summed E-state index contributed by atoms with van der Waals surface area (Å²) in [6, 6.07) is 18.6. The number of nitrogens with one attached hydrogen (secondary N) is 1. The number of hydrogen-bond donors (Lipinski definition) is 1. The highest BCUT2D eigenvalue weighted by Gasteiger charge is 2.28. The van der Waals surface area contributed by atoms with Gasteiger partial charge in [0.2, 0.25) is 0 Å². The first-order valence-electron chi connectivity index (χ1n) is 11.7. The van der Waals surface area contributed by atoms with Gasteiger partial charge in [0.15, 0.2) is 5.75 Å². The summed E-state index contributed by atoms with van der Waals surface area (Å²) in [6.07, 6.45) is 0. The molecule has 186 valence electrons. The van der Waals surface area contributed by atoms with E-state index in [2.05, 4.69) is 10.2 Å². The number of amidine groups is 1. The first-order chi connectivity index (χ1) is 17.6. The summed E-state index contributed by atoms with van der Waals surface area (Å²) < 4.78 is 22.2. The molecule has 2 aliphatic rings. The number of urea groups is 1. The Labute approximate surface area is 209 Å². The van der Waals surface area contributed by atoms with Crippen molar-refractivity contribution < 1.29 is 23.7 Å². The maximum absolute atomic E-state index is 13.0. The Morgan fingerprint density at radius 1 is 0.833 bits per heavy atom. The molecule has 0 unspecified atom stereocenters. The highest BCUT2D eigenvalue weighted by molar-refractivity contribution is 6.04. The Morgan fingerprint density at radius 2 is 1.53 bits per heavy atom. The summed E-state index contributed by atoms with van der Waals surface area (Å²) in [4.78, 5) is 21.9. The Kier molecular flexibility index (Phi) is 6.53. The molecule has 0 aliphatic carbocycles. The summed E-state index contributed by atoms with van der Waals surface area (Å²) in [5.41, 5.74) is 2.26. The van der Waals surface area contributed by atoms with Crippen molar-refractivity contribution in [3.05, 3.63) is 66.2 Å².